The van der Waals surface area contributed by atoms with Gasteiger partial charge in [0.25, 0.3) is 0 Å². The second-order valence-electron chi connectivity index (χ2n) is 7.23. The Bertz CT molecular complexity index is 841. The minimum atomic E-state index is -0.151. The van der Waals surface area contributed by atoms with Gasteiger partial charge in [-0.3, -0.25) is 14.4 Å². The van der Waals surface area contributed by atoms with Crippen molar-refractivity contribution in [2.75, 3.05) is 25.0 Å². The molecule has 1 aromatic carbocycles. The number of hydrogen-bond donors (Lipinski definition) is 2. The zero-order valence-corrected chi connectivity index (χ0v) is 16.5. The van der Waals surface area contributed by atoms with Crippen LogP contribution < -0.4 is 10.6 Å². The van der Waals surface area contributed by atoms with Crippen molar-refractivity contribution in [3.8, 4) is 0 Å². The third kappa shape index (κ3) is 6.17. The van der Waals surface area contributed by atoms with Gasteiger partial charge in [0.15, 0.2) is 5.82 Å². The van der Waals surface area contributed by atoms with Gasteiger partial charge in [0.2, 0.25) is 17.7 Å². The number of rotatable bonds is 7. The largest absolute Gasteiger partial charge is 0.360 e. The van der Waals surface area contributed by atoms with Crippen LogP contribution in [0.25, 0.3) is 0 Å². The minimum Gasteiger partial charge on any atom is -0.360 e. The molecule has 29 heavy (non-hydrogen) atoms. The van der Waals surface area contributed by atoms with Crippen molar-refractivity contribution < 1.29 is 18.9 Å². The maximum atomic E-state index is 12.4. The molecule has 2 N–H and O–H groups in total. The maximum absolute atomic E-state index is 12.4. The topological polar surface area (TPSA) is 105 Å². The standard InChI is InChI=1S/C21H26N4O4/c1-15-13-18(24-29-15)23-21(28)17-8-11-25(12-9-17)20(27)7-10-22-19(26)14-16-5-3-2-4-6-16/h2-6,13,17H,7-12,14H2,1H3,(H,22,26)(H,23,24,28). The first-order valence-electron chi connectivity index (χ1n) is 9.84. The Kier molecular flexibility index (Phi) is 6.99. The van der Waals surface area contributed by atoms with Gasteiger partial charge in [0.1, 0.15) is 5.76 Å². The predicted octanol–water partition coefficient (Wildman–Crippen LogP) is 1.91. The van der Waals surface area contributed by atoms with Gasteiger partial charge in [-0.2, -0.15) is 0 Å². The van der Waals surface area contributed by atoms with E-state index in [-0.39, 0.29) is 30.1 Å². The zero-order valence-electron chi connectivity index (χ0n) is 16.5. The van der Waals surface area contributed by atoms with E-state index in [4.69, 9.17) is 4.52 Å². The van der Waals surface area contributed by atoms with E-state index < -0.39 is 0 Å². The highest BCUT2D eigenvalue weighted by Crippen LogP contribution is 2.20. The fourth-order valence-corrected chi connectivity index (χ4v) is 3.36. The van der Waals surface area contributed by atoms with Gasteiger partial charge in [-0.05, 0) is 25.3 Å². The summed E-state index contributed by atoms with van der Waals surface area (Å²) in [6, 6.07) is 11.2. The molecule has 8 nitrogen and oxygen atoms in total. The molecule has 2 aromatic rings. The van der Waals surface area contributed by atoms with Crippen molar-refractivity contribution in [1.29, 1.82) is 0 Å². The van der Waals surface area contributed by atoms with Gasteiger partial charge >= 0.3 is 0 Å². The Morgan fingerprint density at radius 2 is 1.90 bits per heavy atom. The number of nitrogens with one attached hydrogen (secondary N) is 2. The second-order valence-corrected chi connectivity index (χ2v) is 7.23. The van der Waals surface area contributed by atoms with Crippen LogP contribution in [0.5, 0.6) is 0 Å². The molecule has 8 heteroatoms. The summed E-state index contributed by atoms with van der Waals surface area (Å²) in [5.41, 5.74) is 0.942. The molecule has 0 bridgehead atoms. The monoisotopic (exact) mass is 398 g/mol. The molecular weight excluding hydrogens is 372 g/mol. The number of nitrogens with zero attached hydrogens (tertiary/aromatic N) is 2. The van der Waals surface area contributed by atoms with E-state index in [0.717, 1.165) is 5.56 Å². The van der Waals surface area contributed by atoms with E-state index >= 15 is 0 Å². The lowest BCUT2D eigenvalue weighted by atomic mass is 9.95. The van der Waals surface area contributed by atoms with Gasteiger partial charge in [-0.25, -0.2) is 0 Å². The lowest BCUT2D eigenvalue weighted by molar-refractivity contribution is -0.134. The van der Waals surface area contributed by atoms with Crippen LogP contribution in [0.3, 0.4) is 0 Å². The summed E-state index contributed by atoms with van der Waals surface area (Å²) in [7, 11) is 0. The first kappa shape index (κ1) is 20.6. The van der Waals surface area contributed by atoms with E-state index in [9.17, 15) is 14.4 Å². The van der Waals surface area contributed by atoms with E-state index in [0.29, 0.717) is 50.5 Å². The summed E-state index contributed by atoms with van der Waals surface area (Å²) in [5, 5.41) is 9.30. The van der Waals surface area contributed by atoms with Crippen molar-refractivity contribution in [3.05, 3.63) is 47.7 Å². The highest BCUT2D eigenvalue weighted by atomic mass is 16.5. The van der Waals surface area contributed by atoms with Crippen molar-refractivity contribution in [1.82, 2.24) is 15.4 Å². The Hall–Kier alpha value is -3.16. The van der Waals surface area contributed by atoms with Gasteiger partial charge in [-0.15, -0.1) is 0 Å². The van der Waals surface area contributed by atoms with Gasteiger partial charge in [-0.1, -0.05) is 35.5 Å². The highest BCUT2D eigenvalue weighted by molar-refractivity contribution is 5.91. The number of carbonyl (C=O) groups excluding carboxylic acids is 3. The zero-order chi connectivity index (χ0) is 20.6. The third-order valence-corrected chi connectivity index (χ3v) is 4.97. The molecule has 2 heterocycles. The Labute approximate surface area is 169 Å². The summed E-state index contributed by atoms with van der Waals surface area (Å²) < 4.78 is 4.94. The lowest BCUT2D eigenvalue weighted by Gasteiger charge is -2.31. The maximum Gasteiger partial charge on any atom is 0.228 e. The highest BCUT2D eigenvalue weighted by Gasteiger charge is 2.27. The number of aromatic nitrogens is 1. The number of amides is 3. The van der Waals surface area contributed by atoms with Crippen LogP contribution in [0.1, 0.15) is 30.6 Å². The van der Waals surface area contributed by atoms with Crippen LogP contribution in [0, 0.1) is 12.8 Å². The molecule has 0 radical (unpaired) electrons. The average molecular weight is 398 g/mol. The quantitative estimate of drug-likeness (QED) is 0.741. The van der Waals surface area contributed by atoms with Gasteiger partial charge < -0.3 is 20.1 Å². The minimum absolute atomic E-state index is 0.00371. The summed E-state index contributed by atoms with van der Waals surface area (Å²) in [6.45, 7) is 3.15. The molecule has 154 valence electrons. The molecule has 0 aliphatic carbocycles. The summed E-state index contributed by atoms with van der Waals surface area (Å²) in [5.74, 6) is 0.701. The first-order chi connectivity index (χ1) is 14.0. The fraction of sp³-hybridized carbons (Fsp3) is 0.429. The normalized spacial score (nSPS) is 14.4. The molecule has 0 atom stereocenters. The average Bonchev–Trinajstić information content (AvgIpc) is 3.13. The summed E-state index contributed by atoms with van der Waals surface area (Å²) >= 11 is 0. The van der Waals surface area contributed by atoms with Crippen molar-refractivity contribution in [2.45, 2.75) is 32.6 Å². The Balaban J connectivity index is 1.34. The number of carbonyl (C=O) groups is 3. The van der Waals surface area contributed by atoms with E-state index in [1.807, 2.05) is 30.3 Å². The van der Waals surface area contributed by atoms with Crippen LogP contribution in [0.4, 0.5) is 5.82 Å². The number of anilines is 1. The molecule has 1 aliphatic rings. The van der Waals surface area contributed by atoms with E-state index in [1.165, 1.54) is 0 Å². The Morgan fingerprint density at radius 1 is 1.17 bits per heavy atom. The van der Waals surface area contributed by atoms with Crippen LogP contribution >= 0.6 is 0 Å². The predicted molar refractivity (Wildman–Crippen MR) is 107 cm³/mol. The SMILES string of the molecule is Cc1cc(NC(=O)C2CCN(C(=O)CCNC(=O)Cc3ccccc3)CC2)no1. The molecule has 1 fully saturated rings. The molecule has 1 saturated heterocycles. The number of piperidine rings is 1. The molecule has 3 rings (SSSR count). The van der Waals surface area contributed by atoms with Gasteiger partial charge in [0, 0.05) is 38.0 Å². The van der Waals surface area contributed by atoms with Crippen LogP contribution in [0.2, 0.25) is 0 Å². The number of benzene rings is 1. The number of likely N-dealkylation sites (tertiary alicyclic amines) is 1. The summed E-state index contributed by atoms with van der Waals surface area (Å²) in [6.07, 6.45) is 1.78. The summed E-state index contributed by atoms with van der Waals surface area (Å²) in [4.78, 5) is 38.4. The van der Waals surface area contributed by atoms with Gasteiger partial charge in [0.05, 0.1) is 6.42 Å². The Morgan fingerprint density at radius 3 is 2.55 bits per heavy atom. The van der Waals surface area contributed by atoms with Crippen molar-refractivity contribution in [3.63, 3.8) is 0 Å². The number of hydrogen-bond acceptors (Lipinski definition) is 5. The van der Waals surface area contributed by atoms with Crippen LogP contribution in [0.15, 0.2) is 40.9 Å². The van der Waals surface area contributed by atoms with E-state index in [2.05, 4.69) is 15.8 Å². The van der Waals surface area contributed by atoms with Crippen LogP contribution in [-0.2, 0) is 20.8 Å². The molecule has 0 unspecified atom stereocenters. The fourth-order valence-electron chi connectivity index (χ4n) is 3.36. The molecule has 1 aliphatic heterocycles. The second kappa shape index (κ2) is 9.86. The van der Waals surface area contributed by atoms with Crippen molar-refractivity contribution >= 4 is 23.5 Å². The van der Waals surface area contributed by atoms with Crippen LogP contribution in [-0.4, -0.2) is 47.4 Å². The number of aryl methyl sites for hydroxylation is 1. The van der Waals surface area contributed by atoms with E-state index in [1.54, 1.807) is 17.9 Å². The molecular formula is C21H26N4O4. The molecule has 0 spiro atoms. The molecule has 3 amide bonds. The smallest absolute Gasteiger partial charge is 0.228 e. The third-order valence-electron chi connectivity index (χ3n) is 4.97. The van der Waals surface area contributed by atoms with Crippen molar-refractivity contribution in [2.24, 2.45) is 5.92 Å². The first-order valence-corrected chi connectivity index (χ1v) is 9.84. The molecule has 1 aromatic heterocycles. The molecule has 0 saturated carbocycles. The lowest BCUT2D eigenvalue weighted by Crippen LogP contribution is -2.42.